The van der Waals surface area contributed by atoms with Gasteiger partial charge in [0.15, 0.2) is 4.80 Å². The Labute approximate surface area is 190 Å². The number of thiazole rings is 1. The molecule has 0 aliphatic carbocycles. The third kappa shape index (κ3) is 4.35. The van der Waals surface area contributed by atoms with Gasteiger partial charge in [-0.05, 0) is 56.5 Å². The molecule has 2 heterocycles. The number of carbonyl (C=O) groups excluding carboxylic acids is 1. The van der Waals surface area contributed by atoms with E-state index in [0.717, 1.165) is 21.3 Å². The first-order valence-electron chi connectivity index (χ1n) is 10.1. The summed E-state index contributed by atoms with van der Waals surface area (Å²) in [6.07, 6.45) is 0.930. The maximum Gasteiger partial charge on any atom is 0.251 e. The van der Waals surface area contributed by atoms with Crippen LogP contribution in [0.3, 0.4) is 0 Å². The molecule has 6 nitrogen and oxygen atoms in total. The maximum absolute atomic E-state index is 12.9. The Morgan fingerprint density at radius 2 is 1.77 bits per heavy atom. The molecule has 0 saturated carbocycles. The Bertz CT molecular complexity index is 1320. The van der Waals surface area contributed by atoms with E-state index in [4.69, 9.17) is 11.6 Å². The number of nitrogens with zero attached hydrogens (tertiary/aromatic N) is 3. The van der Waals surface area contributed by atoms with Crippen LogP contribution in [-0.2, 0) is 21.9 Å². The summed E-state index contributed by atoms with van der Waals surface area (Å²) >= 11 is 7.59. The van der Waals surface area contributed by atoms with Gasteiger partial charge in [-0.15, -0.1) is 0 Å². The number of aryl methyl sites for hydroxylation is 3. The largest absolute Gasteiger partial charge is 0.319 e. The lowest BCUT2D eigenvalue weighted by atomic mass is 9.98. The summed E-state index contributed by atoms with van der Waals surface area (Å²) in [6.45, 7) is 4.53. The fraction of sp³-hybridized carbons (Fsp3) is 0.364. The lowest BCUT2D eigenvalue weighted by molar-refractivity contribution is -0.122. The molecule has 1 amide bonds. The van der Waals surface area contributed by atoms with E-state index in [0.29, 0.717) is 40.7 Å². The van der Waals surface area contributed by atoms with Crippen molar-refractivity contribution in [1.29, 1.82) is 0 Å². The normalized spacial score (nSPS) is 16.8. The second-order valence-corrected chi connectivity index (χ2v) is 11.3. The molecule has 3 aromatic rings. The quantitative estimate of drug-likeness (QED) is 0.571. The Kier molecular flexibility index (Phi) is 6.09. The van der Waals surface area contributed by atoms with Crippen molar-refractivity contribution in [3.63, 3.8) is 0 Å². The van der Waals surface area contributed by atoms with Crippen molar-refractivity contribution in [2.45, 2.75) is 31.6 Å². The van der Waals surface area contributed by atoms with Crippen LogP contribution in [0.25, 0.3) is 10.2 Å². The van der Waals surface area contributed by atoms with Gasteiger partial charge < -0.3 is 4.57 Å². The number of benzene rings is 2. The van der Waals surface area contributed by atoms with E-state index in [2.05, 4.69) is 4.99 Å². The third-order valence-corrected chi connectivity index (χ3v) is 8.93. The summed E-state index contributed by atoms with van der Waals surface area (Å²) in [6, 6.07) is 10.6. The van der Waals surface area contributed by atoms with Gasteiger partial charge in [0.2, 0.25) is 10.0 Å². The molecule has 0 atom stereocenters. The molecule has 31 heavy (non-hydrogen) atoms. The van der Waals surface area contributed by atoms with E-state index in [1.165, 1.54) is 15.6 Å². The first kappa shape index (κ1) is 22.2. The highest BCUT2D eigenvalue weighted by Crippen LogP contribution is 2.27. The van der Waals surface area contributed by atoms with Crippen LogP contribution in [-0.4, -0.2) is 36.3 Å². The average Bonchev–Trinajstić information content (AvgIpc) is 3.03. The fourth-order valence-corrected chi connectivity index (χ4v) is 6.91. The number of halogens is 1. The number of sulfonamides is 1. The topological polar surface area (TPSA) is 71.7 Å². The van der Waals surface area contributed by atoms with Gasteiger partial charge in [-0.2, -0.15) is 9.30 Å². The molecule has 164 valence electrons. The van der Waals surface area contributed by atoms with E-state index in [9.17, 15) is 13.2 Å². The summed E-state index contributed by atoms with van der Waals surface area (Å²) in [5.41, 5.74) is 3.06. The summed E-state index contributed by atoms with van der Waals surface area (Å²) in [4.78, 5) is 18.1. The van der Waals surface area contributed by atoms with Crippen molar-refractivity contribution < 1.29 is 13.2 Å². The number of piperidine rings is 1. The SMILES string of the molecule is Cc1ccc(S(=O)(=O)N2CCC(C(=O)N=c3sc4cc(Cl)cc(C)c4n3C)CC2)cc1. The van der Waals surface area contributed by atoms with Crippen LogP contribution < -0.4 is 4.80 Å². The zero-order chi connectivity index (χ0) is 22.3. The number of amides is 1. The number of aromatic nitrogens is 1. The van der Waals surface area contributed by atoms with Crippen LogP contribution in [0.5, 0.6) is 0 Å². The number of fused-ring (bicyclic) bond motifs is 1. The fourth-order valence-electron chi connectivity index (χ4n) is 3.96. The molecule has 0 N–H and O–H groups in total. The second-order valence-electron chi connectivity index (χ2n) is 7.95. The number of hydrogen-bond donors (Lipinski definition) is 0. The van der Waals surface area contributed by atoms with E-state index in [1.54, 1.807) is 24.3 Å². The molecule has 1 aliphatic heterocycles. The summed E-state index contributed by atoms with van der Waals surface area (Å²) in [5, 5.41) is 0.659. The van der Waals surface area contributed by atoms with Crippen molar-refractivity contribution in [1.82, 2.24) is 8.87 Å². The number of carbonyl (C=O) groups is 1. The van der Waals surface area contributed by atoms with E-state index in [-0.39, 0.29) is 11.8 Å². The van der Waals surface area contributed by atoms with Crippen molar-refractivity contribution >= 4 is 49.1 Å². The van der Waals surface area contributed by atoms with Gasteiger partial charge >= 0.3 is 0 Å². The highest BCUT2D eigenvalue weighted by atomic mass is 35.5. The molecular formula is C22H24ClN3O3S2. The number of hydrogen-bond acceptors (Lipinski definition) is 4. The minimum absolute atomic E-state index is 0.196. The molecule has 4 rings (SSSR count). The van der Waals surface area contributed by atoms with Gasteiger partial charge in [0.25, 0.3) is 5.91 Å². The van der Waals surface area contributed by atoms with Crippen LogP contribution in [0.15, 0.2) is 46.3 Å². The van der Waals surface area contributed by atoms with Crippen LogP contribution >= 0.6 is 22.9 Å². The smallest absolute Gasteiger partial charge is 0.251 e. The standard InChI is InChI=1S/C22H24ClN3O3S2/c1-14-4-6-18(7-5-14)31(28,29)26-10-8-16(9-11-26)21(27)24-22-25(3)20-15(2)12-17(23)13-19(20)30-22/h4-7,12-13,16H,8-11H2,1-3H3. The molecule has 1 aliphatic rings. The first-order valence-corrected chi connectivity index (χ1v) is 12.7. The molecular weight excluding hydrogens is 454 g/mol. The van der Waals surface area contributed by atoms with E-state index >= 15 is 0 Å². The summed E-state index contributed by atoms with van der Waals surface area (Å²) in [5.74, 6) is -0.474. The van der Waals surface area contributed by atoms with Gasteiger partial charge in [-0.25, -0.2) is 8.42 Å². The highest BCUT2D eigenvalue weighted by Gasteiger charge is 2.32. The Hall–Kier alpha value is -2.00. The van der Waals surface area contributed by atoms with Crippen molar-refractivity contribution in [3.05, 3.63) is 57.3 Å². The predicted molar refractivity (Wildman–Crippen MR) is 124 cm³/mol. The minimum atomic E-state index is -3.54. The molecule has 1 saturated heterocycles. The Morgan fingerprint density at radius 1 is 1.13 bits per heavy atom. The van der Waals surface area contributed by atoms with Gasteiger partial charge in [0.1, 0.15) is 0 Å². The molecule has 1 fully saturated rings. The van der Waals surface area contributed by atoms with Crippen molar-refractivity contribution in [3.8, 4) is 0 Å². The van der Waals surface area contributed by atoms with Gasteiger partial charge in [0.05, 0.1) is 15.1 Å². The van der Waals surface area contributed by atoms with Crippen molar-refractivity contribution in [2.75, 3.05) is 13.1 Å². The molecule has 2 aromatic carbocycles. The van der Waals surface area contributed by atoms with Crippen LogP contribution in [0, 0.1) is 19.8 Å². The van der Waals surface area contributed by atoms with Crippen LogP contribution in [0.2, 0.25) is 5.02 Å². The molecule has 0 bridgehead atoms. The maximum atomic E-state index is 12.9. The molecule has 1 aromatic heterocycles. The van der Waals surface area contributed by atoms with Gasteiger partial charge in [0, 0.05) is 31.1 Å². The van der Waals surface area contributed by atoms with Crippen LogP contribution in [0.1, 0.15) is 24.0 Å². The molecule has 0 spiro atoms. The molecule has 0 radical (unpaired) electrons. The lowest BCUT2D eigenvalue weighted by Gasteiger charge is -2.29. The zero-order valence-electron chi connectivity index (χ0n) is 17.6. The van der Waals surface area contributed by atoms with Crippen LogP contribution in [0.4, 0.5) is 0 Å². The third-order valence-electron chi connectivity index (χ3n) is 5.72. The number of rotatable bonds is 3. The average molecular weight is 478 g/mol. The zero-order valence-corrected chi connectivity index (χ0v) is 20.0. The Morgan fingerprint density at radius 3 is 2.42 bits per heavy atom. The molecule has 0 unspecified atom stereocenters. The summed E-state index contributed by atoms with van der Waals surface area (Å²) < 4.78 is 30.1. The predicted octanol–water partition coefficient (Wildman–Crippen LogP) is 4.04. The lowest BCUT2D eigenvalue weighted by Crippen LogP contribution is -2.40. The first-order chi connectivity index (χ1) is 14.7. The molecule has 9 heteroatoms. The Balaban J connectivity index is 1.51. The monoisotopic (exact) mass is 477 g/mol. The minimum Gasteiger partial charge on any atom is -0.319 e. The van der Waals surface area contributed by atoms with Gasteiger partial charge in [-0.3, -0.25) is 4.79 Å². The van der Waals surface area contributed by atoms with Crippen molar-refractivity contribution in [2.24, 2.45) is 18.0 Å². The highest BCUT2D eigenvalue weighted by molar-refractivity contribution is 7.89. The van der Waals surface area contributed by atoms with E-state index in [1.807, 2.05) is 37.6 Å². The second kappa shape index (κ2) is 8.50. The van der Waals surface area contributed by atoms with Gasteiger partial charge in [-0.1, -0.05) is 40.6 Å². The van der Waals surface area contributed by atoms with E-state index < -0.39 is 10.0 Å². The summed E-state index contributed by atoms with van der Waals surface area (Å²) in [7, 11) is -1.65.